The van der Waals surface area contributed by atoms with Gasteiger partial charge in [0.2, 0.25) is 0 Å². The molecule has 0 fully saturated rings. The number of carbonyl (C=O) groups excluding carboxylic acids is 3. The lowest BCUT2D eigenvalue weighted by atomic mass is 9.98. The lowest BCUT2D eigenvalue weighted by molar-refractivity contribution is -0.138. The molecule has 0 bridgehead atoms. The van der Waals surface area contributed by atoms with Crippen LogP contribution in [0.3, 0.4) is 0 Å². The Morgan fingerprint density at radius 2 is 1.69 bits per heavy atom. The molecule has 1 aliphatic heterocycles. The smallest absolute Gasteiger partial charge is 0.316 e. The largest absolute Gasteiger partial charge is 0.345 e. The van der Waals surface area contributed by atoms with Crippen LogP contribution in [0.2, 0.25) is 0 Å². The first-order chi connectivity index (χ1) is 16.7. The maximum atomic E-state index is 13.9. The van der Waals surface area contributed by atoms with Crippen LogP contribution in [0.4, 0.5) is 14.5 Å². The molecule has 0 radical (unpaired) electrons. The lowest BCUT2D eigenvalue weighted by Gasteiger charge is -2.22. The topological polar surface area (TPSA) is 69.7 Å². The third-order valence-electron chi connectivity index (χ3n) is 5.95. The molecule has 180 valence electrons. The summed E-state index contributed by atoms with van der Waals surface area (Å²) in [4.78, 5) is 41.2. The lowest BCUT2D eigenvalue weighted by Crippen LogP contribution is -2.44. The van der Waals surface area contributed by atoms with Crippen molar-refractivity contribution in [2.75, 3.05) is 25.5 Å². The first-order valence-corrected chi connectivity index (χ1v) is 11.2. The van der Waals surface area contributed by atoms with Gasteiger partial charge in [-0.05, 0) is 72.0 Å². The number of nitrogens with zero attached hydrogens (tertiary/aromatic N) is 2. The van der Waals surface area contributed by atoms with Crippen molar-refractivity contribution in [3.63, 3.8) is 0 Å². The van der Waals surface area contributed by atoms with Crippen molar-refractivity contribution in [3.8, 4) is 0 Å². The van der Waals surface area contributed by atoms with Crippen LogP contribution in [0, 0.1) is 11.6 Å². The third kappa shape index (κ3) is 5.37. The summed E-state index contributed by atoms with van der Waals surface area (Å²) in [6, 6.07) is 15.9. The van der Waals surface area contributed by atoms with Crippen LogP contribution < -0.4 is 10.2 Å². The van der Waals surface area contributed by atoms with Crippen LogP contribution in [0.15, 0.2) is 66.7 Å². The molecule has 1 heterocycles. The fraction of sp³-hybridized carbons (Fsp3) is 0.222. The van der Waals surface area contributed by atoms with E-state index in [1.165, 1.54) is 40.1 Å². The number of hydrogen-bond donors (Lipinski definition) is 1. The SMILES string of the molecule is CN(C)C(=O)c1ccc2c(c1)CCN2C(=O)C(=O)N[C@@H](Cc1cccc(F)c1)c1cccc(F)c1. The number of hydrogen-bond acceptors (Lipinski definition) is 3. The summed E-state index contributed by atoms with van der Waals surface area (Å²) in [5.74, 6) is -2.66. The Balaban J connectivity index is 1.54. The monoisotopic (exact) mass is 477 g/mol. The standard InChI is InChI=1S/C27H25F2N3O3/c1-31(2)26(34)20-9-10-24-19(15-20)11-12-32(24)27(35)25(33)30-23(18-6-4-8-22(29)16-18)14-17-5-3-7-21(28)13-17/h3-10,13,15-16,23H,11-12,14H2,1-2H3,(H,30,33)/t23-/m0/s1. The quantitative estimate of drug-likeness (QED) is 0.571. The zero-order valence-corrected chi connectivity index (χ0v) is 19.4. The summed E-state index contributed by atoms with van der Waals surface area (Å²) in [5.41, 5.74) is 2.95. The van der Waals surface area contributed by atoms with Gasteiger partial charge in [0, 0.05) is 31.9 Å². The number of nitrogens with one attached hydrogen (secondary N) is 1. The Bertz CT molecular complexity index is 1290. The van der Waals surface area contributed by atoms with Gasteiger partial charge in [-0.3, -0.25) is 14.4 Å². The molecule has 1 N–H and O–H groups in total. The highest BCUT2D eigenvalue weighted by molar-refractivity contribution is 6.40. The Kier molecular flexibility index (Phi) is 6.91. The van der Waals surface area contributed by atoms with Gasteiger partial charge in [0.15, 0.2) is 0 Å². The number of fused-ring (bicyclic) bond motifs is 1. The minimum Gasteiger partial charge on any atom is -0.345 e. The van der Waals surface area contributed by atoms with E-state index in [1.807, 2.05) is 0 Å². The summed E-state index contributed by atoms with van der Waals surface area (Å²) in [5, 5.41) is 2.70. The summed E-state index contributed by atoms with van der Waals surface area (Å²) in [6.45, 7) is 0.301. The van der Waals surface area contributed by atoms with E-state index in [0.717, 1.165) is 5.56 Å². The van der Waals surface area contributed by atoms with Crippen LogP contribution >= 0.6 is 0 Å². The molecule has 3 aromatic carbocycles. The number of carbonyl (C=O) groups is 3. The van der Waals surface area contributed by atoms with Crippen LogP contribution in [-0.2, 0) is 22.4 Å². The van der Waals surface area contributed by atoms with E-state index in [4.69, 9.17) is 0 Å². The molecule has 0 unspecified atom stereocenters. The van der Waals surface area contributed by atoms with Crippen LogP contribution in [0.25, 0.3) is 0 Å². The van der Waals surface area contributed by atoms with Crippen molar-refractivity contribution < 1.29 is 23.2 Å². The van der Waals surface area contributed by atoms with Crippen molar-refractivity contribution in [1.82, 2.24) is 10.2 Å². The van der Waals surface area contributed by atoms with E-state index in [1.54, 1.807) is 50.5 Å². The molecule has 1 atom stereocenters. The van der Waals surface area contributed by atoms with Gasteiger partial charge in [0.05, 0.1) is 6.04 Å². The van der Waals surface area contributed by atoms with E-state index in [2.05, 4.69) is 5.32 Å². The van der Waals surface area contributed by atoms with Gasteiger partial charge < -0.3 is 15.1 Å². The number of anilines is 1. The van der Waals surface area contributed by atoms with Gasteiger partial charge >= 0.3 is 11.8 Å². The Morgan fingerprint density at radius 3 is 2.37 bits per heavy atom. The normalized spacial score (nSPS) is 13.2. The van der Waals surface area contributed by atoms with E-state index in [9.17, 15) is 23.2 Å². The second kappa shape index (κ2) is 10.0. The summed E-state index contributed by atoms with van der Waals surface area (Å²) < 4.78 is 27.6. The summed E-state index contributed by atoms with van der Waals surface area (Å²) in [6.07, 6.45) is 0.687. The minimum atomic E-state index is -0.850. The first kappa shape index (κ1) is 24.1. The number of amides is 3. The Hall–Kier alpha value is -4.07. The second-order valence-electron chi connectivity index (χ2n) is 8.66. The van der Waals surface area contributed by atoms with Crippen molar-refractivity contribution in [2.45, 2.75) is 18.9 Å². The van der Waals surface area contributed by atoms with Crippen LogP contribution in [-0.4, -0.2) is 43.3 Å². The molecule has 3 aromatic rings. The summed E-state index contributed by atoms with van der Waals surface area (Å²) >= 11 is 0. The summed E-state index contributed by atoms with van der Waals surface area (Å²) in [7, 11) is 3.32. The highest BCUT2D eigenvalue weighted by Crippen LogP contribution is 2.29. The highest BCUT2D eigenvalue weighted by Gasteiger charge is 2.31. The molecular weight excluding hydrogens is 452 g/mol. The van der Waals surface area contributed by atoms with Gasteiger partial charge in [-0.25, -0.2) is 8.78 Å². The van der Waals surface area contributed by atoms with Crippen molar-refractivity contribution in [3.05, 3.63) is 101 Å². The predicted molar refractivity (Wildman–Crippen MR) is 128 cm³/mol. The highest BCUT2D eigenvalue weighted by atomic mass is 19.1. The molecule has 6 nitrogen and oxygen atoms in total. The number of halogens is 2. The molecule has 0 spiro atoms. The zero-order valence-electron chi connectivity index (χ0n) is 19.4. The molecule has 0 saturated carbocycles. The average molecular weight is 478 g/mol. The maximum absolute atomic E-state index is 13.9. The fourth-order valence-corrected chi connectivity index (χ4v) is 4.22. The van der Waals surface area contributed by atoms with E-state index in [0.29, 0.717) is 35.3 Å². The molecule has 4 rings (SSSR count). The number of benzene rings is 3. The minimum absolute atomic E-state index is 0.148. The second-order valence-corrected chi connectivity index (χ2v) is 8.66. The Labute approximate surface area is 202 Å². The average Bonchev–Trinajstić information content (AvgIpc) is 3.25. The van der Waals surface area contributed by atoms with E-state index in [-0.39, 0.29) is 12.3 Å². The molecule has 0 saturated heterocycles. The van der Waals surface area contributed by atoms with Crippen molar-refractivity contribution in [1.29, 1.82) is 0 Å². The van der Waals surface area contributed by atoms with Gasteiger partial charge in [-0.2, -0.15) is 0 Å². The number of rotatable bonds is 5. The zero-order chi connectivity index (χ0) is 25.1. The molecule has 3 amide bonds. The van der Waals surface area contributed by atoms with Gasteiger partial charge in [0.1, 0.15) is 11.6 Å². The first-order valence-electron chi connectivity index (χ1n) is 11.2. The maximum Gasteiger partial charge on any atom is 0.316 e. The molecule has 8 heteroatoms. The molecule has 0 aliphatic carbocycles. The molecule has 35 heavy (non-hydrogen) atoms. The molecule has 1 aliphatic rings. The van der Waals surface area contributed by atoms with E-state index >= 15 is 0 Å². The Morgan fingerprint density at radius 1 is 0.971 bits per heavy atom. The van der Waals surface area contributed by atoms with Crippen LogP contribution in [0.1, 0.15) is 33.1 Å². The predicted octanol–water partition coefficient (Wildman–Crippen LogP) is 3.66. The van der Waals surface area contributed by atoms with Crippen molar-refractivity contribution in [2.24, 2.45) is 0 Å². The molecular formula is C27H25F2N3O3. The third-order valence-corrected chi connectivity index (χ3v) is 5.95. The van der Waals surface area contributed by atoms with Gasteiger partial charge in [0.25, 0.3) is 5.91 Å². The van der Waals surface area contributed by atoms with Gasteiger partial charge in [-0.15, -0.1) is 0 Å². The fourth-order valence-electron chi connectivity index (χ4n) is 4.22. The van der Waals surface area contributed by atoms with Crippen LogP contribution in [0.5, 0.6) is 0 Å². The van der Waals surface area contributed by atoms with Crippen molar-refractivity contribution >= 4 is 23.4 Å². The van der Waals surface area contributed by atoms with Gasteiger partial charge in [-0.1, -0.05) is 24.3 Å². The molecule has 0 aromatic heterocycles. The van der Waals surface area contributed by atoms with E-state index < -0.39 is 29.5 Å².